The van der Waals surface area contributed by atoms with Crippen molar-refractivity contribution in [2.75, 3.05) is 18.4 Å². The topological polar surface area (TPSA) is 156 Å². The van der Waals surface area contributed by atoms with Crippen molar-refractivity contribution in [1.29, 1.82) is 5.26 Å². The van der Waals surface area contributed by atoms with E-state index in [1.165, 1.54) is 13.1 Å². The van der Waals surface area contributed by atoms with Crippen molar-refractivity contribution >= 4 is 49.5 Å². The van der Waals surface area contributed by atoms with Gasteiger partial charge in [0.2, 0.25) is 5.91 Å². The number of aryl methyl sites for hydroxylation is 1. The molecule has 1 unspecified atom stereocenters. The molecule has 12 heteroatoms. The van der Waals surface area contributed by atoms with Gasteiger partial charge in [0.1, 0.15) is 10.7 Å². The first-order chi connectivity index (χ1) is 21.1. The fraction of sp³-hybridized carbons (Fsp3) is 0.219. The number of sulfonamides is 1. The summed E-state index contributed by atoms with van der Waals surface area (Å²) in [5.74, 6) is -1.18. The number of fused-ring (bicyclic) bond motifs is 2. The van der Waals surface area contributed by atoms with Gasteiger partial charge in [-0.2, -0.15) is 5.26 Å². The second kappa shape index (κ2) is 12.5. The number of nitriles is 1. The Hall–Kier alpha value is -5.28. The van der Waals surface area contributed by atoms with E-state index in [0.29, 0.717) is 28.6 Å². The number of likely N-dealkylation sites (N-methyl/N-ethyl adjacent to an activating group) is 1. The number of ether oxygens (including phenoxy) is 1. The van der Waals surface area contributed by atoms with Gasteiger partial charge in [-0.3, -0.25) is 19.3 Å². The third-order valence-corrected chi connectivity index (χ3v) is 8.67. The molecule has 0 aliphatic rings. The fourth-order valence-corrected chi connectivity index (χ4v) is 6.22. The summed E-state index contributed by atoms with van der Waals surface area (Å²) in [5.41, 5.74) is 3.75. The molecule has 224 valence electrons. The molecule has 1 atom stereocenters. The first-order valence-corrected chi connectivity index (χ1v) is 15.4. The second-order valence-electron chi connectivity index (χ2n) is 10.1. The Morgan fingerprint density at radius 3 is 2.52 bits per heavy atom. The van der Waals surface area contributed by atoms with Crippen molar-refractivity contribution in [3.8, 4) is 6.07 Å². The van der Waals surface area contributed by atoms with Crippen molar-refractivity contribution in [1.82, 2.24) is 19.9 Å². The van der Waals surface area contributed by atoms with Crippen LogP contribution < -0.4 is 10.0 Å². The monoisotopic (exact) mass is 610 g/mol. The van der Waals surface area contributed by atoms with Crippen LogP contribution in [0.4, 0.5) is 5.69 Å². The van der Waals surface area contributed by atoms with E-state index in [1.54, 1.807) is 61.5 Å². The largest absolute Gasteiger partial charge is 0.466 e. The lowest BCUT2D eigenvalue weighted by Crippen LogP contribution is -2.28. The fourth-order valence-electron chi connectivity index (χ4n) is 5.00. The summed E-state index contributed by atoms with van der Waals surface area (Å²) in [6.07, 6.45) is 0.297. The lowest BCUT2D eigenvalue weighted by molar-refractivity contribution is -0.145. The van der Waals surface area contributed by atoms with Crippen molar-refractivity contribution in [3.63, 3.8) is 0 Å². The molecule has 0 bridgehead atoms. The summed E-state index contributed by atoms with van der Waals surface area (Å²) in [4.78, 5) is 34.1. The summed E-state index contributed by atoms with van der Waals surface area (Å²) < 4.78 is 37.0. The molecule has 0 fully saturated rings. The van der Waals surface area contributed by atoms with E-state index in [9.17, 15) is 18.0 Å². The molecule has 44 heavy (non-hydrogen) atoms. The molecule has 11 nitrogen and oxygen atoms in total. The molecule has 3 aromatic carbocycles. The van der Waals surface area contributed by atoms with Gasteiger partial charge in [0.05, 0.1) is 58.5 Å². The summed E-state index contributed by atoms with van der Waals surface area (Å²) in [7, 11) is -0.784. The lowest BCUT2D eigenvalue weighted by Gasteiger charge is -2.16. The number of anilines is 1. The molecule has 0 spiro atoms. The van der Waals surface area contributed by atoms with E-state index in [2.05, 4.69) is 21.1 Å². The third kappa shape index (κ3) is 6.23. The number of hydrogen-bond donors (Lipinski definition) is 2. The number of amides is 1. The van der Waals surface area contributed by atoms with Crippen LogP contribution in [-0.4, -0.2) is 48.5 Å². The average Bonchev–Trinajstić information content (AvgIpc) is 3.32. The van der Waals surface area contributed by atoms with Crippen LogP contribution >= 0.6 is 0 Å². The number of rotatable bonds is 10. The quantitative estimate of drug-likeness (QED) is 0.223. The number of imidazole rings is 1. The molecular formula is C32H30N6O5S. The summed E-state index contributed by atoms with van der Waals surface area (Å²) in [6, 6.07) is 22.6. The molecule has 0 radical (unpaired) electrons. The second-order valence-corrected chi connectivity index (χ2v) is 11.8. The van der Waals surface area contributed by atoms with Gasteiger partial charge in [0, 0.05) is 25.9 Å². The maximum Gasteiger partial charge on any atom is 0.306 e. The third-order valence-electron chi connectivity index (χ3n) is 7.26. The number of benzene rings is 3. The smallest absolute Gasteiger partial charge is 0.306 e. The van der Waals surface area contributed by atoms with Crippen molar-refractivity contribution < 1.29 is 22.7 Å². The molecule has 0 aliphatic carbocycles. The summed E-state index contributed by atoms with van der Waals surface area (Å²) in [6.45, 7) is 1.84. The summed E-state index contributed by atoms with van der Waals surface area (Å²) >= 11 is 0. The predicted octanol–water partition coefficient (Wildman–Crippen LogP) is 4.17. The Morgan fingerprint density at radius 2 is 1.82 bits per heavy atom. The van der Waals surface area contributed by atoms with Crippen LogP contribution in [0.2, 0.25) is 0 Å². The number of para-hydroxylation sites is 1. The van der Waals surface area contributed by atoms with E-state index in [0.717, 1.165) is 16.9 Å². The Balaban J connectivity index is 1.46. The van der Waals surface area contributed by atoms with E-state index in [4.69, 9.17) is 15.0 Å². The number of nitrogens with one attached hydrogen (secondary N) is 2. The van der Waals surface area contributed by atoms with E-state index < -0.39 is 27.8 Å². The van der Waals surface area contributed by atoms with Crippen molar-refractivity contribution in [2.45, 2.75) is 30.6 Å². The number of pyridine rings is 1. The zero-order chi connectivity index (χ0) is 31.4. The maximum absolute atomic E-state index is 13.7. The maximum atomic E-state index is 13.7. The molecule has 2 aromatic heterocycles. The van der Waals surface area contributed by atoms with Gasteiger partial charge in [-0.1, -0.05) is 30.3 Å². The Bertz CT molecular complexity index is 2030. The SMILES string of the molecule is CCOC(=O)CC(C(=O)NC)c1ccc2cccc(S(=O)(=O)Nc3ccc4c(c3)nc(Cc3ccc(C#N)cc3)n4C)c2n1. The normalized spacial score (nSPS) is 12.0. The molecule has 0 aliphatic heterocycles. The van der Waals surface area contributed by atoms with Crippen LogP contribution in [0.25, 0.3) is 21.9 Å². The molecule has 5 aromatic rings. The highest BCUT2D eigenvalue weighted by molar-refractivity contribution is 7.93. The minimum Gasteiger partial charge on any atom is -0.466 e. The first-order valence-electron chi connectivity index (χ1n) is 13.9. The number of carbonyl (C=O) groups excluding carboxylic acids is 2. The van der Waals surface area contributed by atoms with E-state index in [1.807, 2.05) is 23.7 Å². The van der Waals surface area contributed by atoms with Crippen LogP contribution in [0.1, 0.15) is 41.9 Å². The Kier molecular flexibility index (Phi) is 8.59. The van der Waals surface area contributed by atoms with Crippen LogP contribution in [-0.2, 0) is 37.8 Å². The molecule has 2 heterocycles. The van der Waals surface area contributed by atoms with Crippen molar-refractivity contribution in [2.24, 2.45) is 7.05 Å². The average molecular weight is 611 g/mol. The molecular weight excluding hydrogens is 580 g/mol. The highest BCUT2D eigenvalue weighted by Gasteiger charge is 2.27. The predicted molar refractivity (Wildman–Crippen MR) is 165 cm³/mol. The summed E-state index contributed by atoms with van der Waals surface area (Å²) in [5, 5.41) is 12.1. The molecule has 5 rings (SSSR count). The minimum atomic E-state index is -4.13. The lowest BCUT2D eigenvalue weighted by atomic mass is 9.99. The van der Waals surface area contributed by atoms with Gasteiger partial charge in [-0.25, -0.2) is 13.4 Å². The molecule has 0 saturated heterocycles. The Labute approximate surface area is 254 Å². The van der Waals surface area contributed by atoms with Crippen LogP contribution in [0, 0.1) is 11.3 Å². The zero-order valence-corrected chi connectivity index (χ0v) is 25.2. The van der Waals surface area contributed by atoms with Gasteiger partial charge in [0.15, 0.2) is 0 Å². The number of esters is 1. The van der Waals surface area contributed by atoms with Crippen LogP contribution in [0.15, 0.2) is 77.7 Å². The number of nitrogens with zero attached hydrogens (tertiary/aromatic N) is 4. The number of hydrogen-bond acceptors (Lipinski definition) is 8. The highest BCUT2D eigenvalue weighted by atomic mass is 32.2. The van der Waals surface area contributed by atoms with E-state index in [-0.39, 0.29) is 29.1 Å². The minimum absolute atomic E-state index is 0.0775. The van der Waals surface area contributed by atoms with Gasteiger partial charge in [-0.15, -0.1) is 0 Å². The van der Waals surface area contributed by atoms with Gasteiger partial charge in [-0.05, 0) is 55.0 Å². The standard InChI is InChI=1S/C32H30N6O5S/c1-4-43-30(39)18-24(32(40)34-2)25-14-12-22-6-5-7-28(31(22)36-25)44(41,42)37-23-13-15-27-26(17-23)35-29(38(27)3)16-20-8-10-21(19-33)11-9-20/h5-15,17,24,37H,4,16,18H2,1-3H3,(H,34,40). The molecule has 2 N–H and O–H groups in total. The number of carbonyl (C=O) groups is 2. The van der Waals surface area contributed by atoms with Crippen molar-refractivity contribution in [3.05, 3.63) is 95.4 Å². The molecule has 1 amide bonds. The Morgan fingerprint density at radius 1 is 1.05 bits per heavy atom. The van der Waals surface area contributed by atoms with E-state index >= 15 is 0 Å². The molecule has 0 saturated carbocycles. The van der Waals surface area contributed by atoms with Crippen LogP contribution in [0.5, 0.6) is 0 Å². The highest BCUT2D eigenvalue weighted by Crippen LogP contribution is 2.29. The number of aromatic nitrogens is 3. The van der Waals surface area contributed by atoms with Gasteiger partial charge >= 0.3 is 5.97 Å². The van der Waals surface area contributed by atoms with Crippen LogP contribution in [0.3, 0.4) is 0 Å². The zero-order valence-electron chi connectivity index (χ0n) is 24.4. The van der Waals surface area contributed by atoms with Gasteiger partial charge in [0.25, 0.3) is 10.0 Å². The first kappa shape index (κ1) is 30.2. The van der Waals surface area contributed by atoms with Gasteiger partial charge < -0.3 is 14.6 Å².